The predicted octanol–water partition coefficient (Wildman–Crippen LogP) is -2.19. The second-order valence-electron chi connectivity index (χ2n) is 2.75. The zero-order chi connectivity index (χ0) is 11.6. The van der Waals surface area contributed by atoms with E-state index in [1.165, 1.54) is 0 Å². The van der Waals surface area contributed by atoms with Gasteiger partial charge in [-0.1, -0.05) is 0 Å². The Bertz CT molecular complexity index is 263. The molecule has 0 saturated carbocycles. The molecule has 90 valence electrons. The Hall–Kier alpha value is 1.70. The van der Waals surface area contributed by atoms with Gasteiger partial charge in [-0.05, 0) is 13.0 Å². The Morgan fingerprint density at radius 3 is 1.60 bits per heavy atom. The molecule has 0 spiro atoms. The van der Waals surface area contributed by atoms with Crippen molar-refractivity contribution < 1.29 is 33.8 Å². The van der Waals surface area contributed by atoms with Crippen LogP contribution in [-0.4, -0.2) is 81.8 Å². The van der Waals surface area contributed by atoms with Crippen molar-refractivity contribution >= 4 is 60.7 Å². The Morgan fingerprint density at radius 1 is 1.07 bits per heavy atom. The van der Waals surface area contributed by atoms with E-state index in [1.54, 1.807) is 0 Å². The van der Waals surface area contributed by atoms with Gasteiger partial charge in [-0.3, -0.25) is 9.13 Å². The van der Waals surface area contributed by atoms with E-state index in [0.717, 1.165) is 0 Å². The normalized spacial score (nSPS) is 13.5. The van der Waals surface area contributed by atoms with E-state index in [-0.39, 0.29) is 58.4 Å². The number of aliphatic hydroxyl groups is 1. The molecule has 15 heavy (non-hydrogen) atoms. The van der Waals surface area contributed by atoms with Crippen LogP contribution in [0.4, 0.5) is 0 Å². The van der Waals surface area contributed by atoms with Crippen LogP contribution < -0.4 is 5.73 Å². The van der Waals surface area contributed by atoms with E-state index in [2.05, 4.69) is 0 Å². The molecule has 0 aromatic carbocycles. The van der Waals surface area contributed by atoms with Crippen LogP contribution in [-0.2, 0) is 9.13 Å². The van der Waals surface area contributed by atoms with Crippen LogP contribution in [0.1, 0.15) is 12.8 Å². The summed E-state index contributed by atoms with van der Waals surface area (Å²) in [5, 5.41) is 5.91. The van der Waals surface area contributed by atoms with Crippen molar-refractivity contribution in [3.05, 3.63) is 0 Å². The molecule has 0 fully saturated rings. The van der Waals surface area contributed by atoms with Gasteiger partial charge in [0.2, 0.25) is 0 Å². The molecule has 0 radical (unpaired) electrons. The maximum atomic E-state index is 10.7. The van der Waals surface area contributed by atoms with E-state index in [1.807, 2.05) is 0 Å². The third-order valence-corrected chi connectivity index (χ3v) is 5.53. The summed E-state index contributed by atoms with van der Waals surface area (Å²) in [7, 11) is -10.6. The van der Waals surface area contributed by atoms with E-state index < -0.39 is 26.7 Å². The minimum atomic E-state index is -5.30. The van der Waals surface area contributed by atoms with E-state index in [9.17, 15) is 14.2 Å². The maximum absolute atomic E-state index is 10.7. The number of rotatable bonds is 5. The first-order valence-corrected chi connectivity index (χ1v) is 6.82. The zero-order valence-electron chi connectivity index (χ0n) is 7.15. The van der Waals surface area contributed by atoms with E-state index >= 15 is 0 Å². The van der Waals surface area contributed by atoms with Gasteiger partial charge in [0, 0.05) is 6.42 Å². The number of nitrogens with two attached hydrogens (primary N) is 1. The SMILES string of the molecule is NCCCC(O)(P(=O)(O)O)P(=O)(O)O.[SrH2]. The van der Waals surface area contributed by atoms with Gasteiger partial charge in [-0.25, -0.2) is 0 Å². The van der Waals surface area contributed by atoms with Gasteiger partial charge in [0.1, 0.15) is 0 Å². The summed E-state index contributed by atoms with van der Waals surface area (Å²) in [5.41, 5.74) is 5.01. The van der Waals surface area contributed by atoms with Gasteiger partial charge < -0.3 is 30.4 Å². The molecule has 0 bridgehead atoms. The van der Waals surface area contributed by atoms with Crippen molar-refractivity contribution in [2.45, 2.75) is 17.9 Å². The Balaban J connectivity index is 0. The van der Waals surface area contributed by atoms with Crippen LogP contribution in [0.3, 0.4) is 0 Å². The second-order valence-corrected chi connectivity index (χ2v) is 6.76. The van der Waals surface area contributed by atoms with Crippen LogP contribution in [0.2, 0.25) is 0 Å². The quantitative estimate of drug-likeness (QED) is 0.243. The molecule has 0 amide bonds. The molecule has 0 unspecified atom stereocenters. The molecule has 0 heterocycles. The van der Waals surface area contributed by atoms with Gasteiger partial charge in [0.05, 0.1) is 0 Å². The first-order chi connectivity index (χ1) is 6.06. The second kappa shape index (κ2) is 6.58. The van der Waals surface area contributed by atoms with E-state index in [0.29, 0.717) is 0 Å². The molecule has 0 rings (SSSR count). The van der Waals surface area contributed by atoms with Crippen LogP contribution in [0, 0.1) is 0 Å². The molecule has 0 aromatic heterocycles. The van der Waals surface area contributed by atoms with Crippen LogP contribution >= 0.6 is 15.2 Å². The Labute approximate surface area is 123 Å². The fraction of sp³-hybridized carbons (Fsp3) is 1.00. The molecule has 0 atom stereocenters. The molecule has 8 nitrogen and oxygen atoms in total. The first kappa shape index (κ1) is 19.0. The molecule has 0 aliphatic carbocycles. The number of hydrogen-bond donors (Lipinski definition) is 6. The monoisotopic (exact) mass is 339 g/mol. The van der Waals surface area contributed by atoms with Gasteiger partial charge in [0.15, 0.2) is 0 Å². The summed E-state index contributed by atoms with van der Waals surface area (Å²) < 4.78 is 21.4. The molecule has 0 aliphatic rings. The number of hydrogen-bond acceptors (Lipinski definition) is 4. The summed E-state index contributed by atoms with van der Waals surface area (Å²) in [6.45, 7) is -0.0394. The third-order valence-electron chi connectivity index (χ3n) is 1.65. The average molecular weight is 339 g/mol. The van der Waals surface area contributed by atoms with Crippen molar-refractivity contribution in [3.8, 4) is 0 Å². The first-order valence-electron chi connectivity index (χ1n) is 3.60. The molecular weight excluding hydrogens is 324 g/mol. The van der Waals surface area contributed by atoms with Crippen molar-refractivity contribution in [2.75, 3.05) is 6.54 Å². The molecule has 0 aromatic rings. The Kier molecular flexibility index (Phi) is 8.36. The topological polar surface area (TPSA) is 161 Å². The van der Waals surface area contributed by atoms with Gasteiger partial charge in [-0.15, -0.1) is 0 Å². The summed E-state index contributed by atoms with van der Waals surface area (Å²) >= 11 is 0. The molecule has 0 aliphatic heterocycles. The van der Waals surface area contributed by atoms with Crippen molar-refractivity contribution in [1.29, 1.82) is 0 Å². The van der Waals surface area contributed by atoms with E-state index in [4.69, 9.17) is 25.3 Å². The molecular formula is C4H15NO7P2Sr. The summed E-state index contributed by atoms with van der Waals surface area (Å²) in [6.07, 6.45) is -0.856. The standard InChI is InChI=1S/C4H13NO7P2.Sr.2H/c5-3-1-2-4(6,13(7,8)9)14(10,11)12;;;/h6H,1-3,5H2,(H2,7,8,9)(H2,10,11,12);;;. The third kappa shape index (κ3) is 4.83. The fourth-order valence-corrected chi connectivity index (χ4v) is 3.06. The minimum absolute atomic E-state index is 0. The van der Waals surface area contributed by atoms with Crippen LogP contribution in [0.5, 0.6) is 0 Å². The van der Waals surface area contributed by atoms with Gasteiger partial charge >= 0.3 is 60.7 Å². The summed E-state index contributed by atoms with van der Waals surface area (Å²) in [4.78, 5) is 34.5. The van der Waals surface area contributed by atoms with Crippen molar-refractivity contribution in [3.63, 3.8) is 0 Å². The van der Waals surface area contributed by atoms with Crippen molar-refractivity contribution in [1.82, 2.24) is 0 Å². The zero-order valence-corrected chi connectivity index (χ0v) is 8.93. The van der Waals surface area contributed by atoms with Gasteiger partial charge in [-0.2, -0.15) is 0 Å². The van der Waals surface area contributed by atoms with Crippen molar-refractivity contribution in [2.24, 2.45) is 5.73 Å². The van der Waals surface area contributed by atoms with Crippen LogP contribution in [0.15, 0.2) is 0 Å². The van der Waals surface area contributed by atoms with Gasteiger partial charge in [0.25, 0.3) is 5.08 Å². The average Bonchev–Trinajstić information content (AvgIpc) is 1.95. The molecule has 7 N–H and O–H groups in total. The molecule has 0 saturated heterocycles. The summed E-state index contributed by atoms with van der Waals surface area (Å²) in [6, 6.07) is 0. The predicted molar refractivity (Wildman–Crippen MR) is 55.9 cm³/mol. The van der Waals surface area contributed by atoms with Crippen LogP contribution in [0.25, 0.3) is 0 Å². The summed E-state index contributed by atoms with van der Waals surface area (Å²) in [5.74, 6) is 0. The Morgan fingerprint density at radius 2 is 1.40 bits per heavy atom. The molecule has 11 heteroatoms. The fourth-order valence-electron chi connectivity index (χ4n) is 0.800.